The second-order valence-electron chi connectivity index (χ2n) is 11.0. The van der Waals surface area contributed by atoms with Gasteiger partial charge in [-0.25, -0.2) is 9.48 Å². The van der Waals surface area contributed by atoms with Crippen LogP contribution in [0.1, 0.15) is 84.9 Å². The van der Waals surface area contributed by atoms with Crippen molar-refractivity contribution < 1.29 is 14.3 Å². The van der Waals surface area contributed by atoms with Crippen molar-refractivity contribution in [2.75, 3.05) is 7.11 Å². The number of hydrogen-bond acceptors (Lipinski definition) is 5. The quantitative estimate of drug-likeness (QED) is 0.562. The van der Waals surface area contributed by atoms with E-state index in [2.05, 4.69) is 10.4 Å². The normalized spacial score (nSPS) is 30.0. The van der Waals surface area contributed by atoms with Gasteiger partial charge >= 0.3 is 5.97 Å². The standard InChI is InChI=1S/C27H33N3O3S/c1-33-26(32)20-6-8-21(9-7-20)30-25(34-22-4-2-3-5-22)23(16-28-30)24(31)29-27-13-17-10-18(14-27)12-19(11-17)15-27/h6-9,16-19,22H,2-5,10-15H2,1H3,(H,29,31). The maximum absolute atomic E-state index is 13.7. The maximum atomic E-state index is 13.7. The zero-order valence-corrected chi connectivity index (χ0v) is 20.6. The summed E-state index contributed by atoms with van der Waals surface area (Å²) in [6.07, 6.45) is 14.1. The molecule has 1 heterocycles. The molecule has 0 unspecified atom stereocenters. The molecule has 0 spiro atoms. The van der Waals surface area contributed by atoms with Crippen molar-refractivity contribution in [2.24, 2.45) is 17.8 Å². The second-order valence-corrected chi connectivity index (χ2v) is 12.3. The highest BCUT2D eigenvalue weighted by Crippen LogP contribution is 2.55. The van der Waals surface area contributed by atoms with Crippen LogP contribution >= 0.6 is 11.8 Å². The van der Waals surface area contributed by atoms with Crippen molar-refractivity contribution >= 4 is 23.6 Å². The summed E-state index contributed by atoms with van der Waals surface area (Å²) >= 11 is 1.79. The number of nitrogens with one attached hydrogen (secondary N) is 1. The van der Waals surface area contributed by atoms with E-state index in [0.717, 1.165) is 47.7 Å². The number of carbonyl (C=O) groups excluding carboxylic acids is 2. The molecule has 5 aliphatic carbocycles. The highest BCUT2D eigenvalue weighted by molar-refractivity contribution is 8.00. The van der Waals surface area contributed by atoms with Crippen LogP contribution in [-0.4, -0.2) is 39.6 Å². The summed E-state index contributed by atoms with van der Waals surface area (Å²) in [5.74, 6) is 2.03. The first-order chi connectivity index (χ1) is 16.5. The number of thioether (sulfide) groups is 1. The predicted octanol–water partition coefficient (Wildman–Crippen LogP) is 5.39. The van der Waals surface area contributed by atoms with Gasteiger partial charge in [0.05, 0.1) is 30.1 Å². The van der Waals surface area contributed by atoms with Crippen LogP contribution in [0.5, 0.6) is 0 Å². The summed E-state index contributed by atoms with van der Waals surface area (Å²) in [7, 11) is 1.38. The van der Waals surface area contributed by atoms with Gasteiger partial charge in [0.1, 0.15) is 5.03 Å². The molecule has 0 radical (unpaired) electrons. The van der Waals surface area contributed by atoms with E-state index in [1.165, 1.54) is 52.1 Å². The fraction of sp³-hybridized carbons (Fsp3) is 0.593. The third kappa shape index (κ3) is 4.06. The van der Waals surface area contributed by atoms with Crippen molar-refractivity contribution in [3.63, 3.8) is 0 Å². The Labute approximate surface area is 205 Å². The van der Waals surface area contributed by atoms with Crippen LogP contribution < -0.4 is 5.32 Å². The third-order valence-electron chi connectivity index (χ3n) is 8.50. The highest BCUT2D eigenvalue weighted by atomic mass is 32.2. The lowest BCUT2D eigenvalue weighted by atomic mass is 9.53. The van der Waals surface area contributed by atoms with Crippen LogP contribution in [0.15, 0.2) is 35.5 Å². The van der Waals surface area contributed by atoms with Crippen LogP contribution in [0.25, 0.3) is 5.69 Å². The molecule has 5 aliphatic rings. The Kier molecular flexibility index (Phi) is 5.71. The number of carbonyl (C=O) groups is 2. The monoisotopic (exact) mass is 479 g/mol. The number of amides is 1. The Balaban J connectivity index is 1.29. The smallest absolute Gasteiger partial charge is 0.337 e. The summed E-state index contributed by atoms with van der Waals surface area (Å²) in [5.41, 5.74) is 2.01. The molecular formula is C27H33N3O3S. The molecular weight excluding hydrogens is 446 g/mol. The number of hydrogen-bond donors (Lipinski definition) is 1. The van der Waals surface area contributed by atoms with Gasteiger partial charge in [0, 0.05) is 10.8 Å². The van der Waals surface area contributed by atoms with Crippen molar-refractivity contribution in [3.05, 3.63) is 41.6 Å². The largest absolute Gasteiger partial charge is 0.465 e. The predicted molar refractivity (Wildman–Crippen MR) is 131 cm³/mol. The number of benzene rings is 1. The van der Waals surface area contributed by atoms with Crippen LogP contribution in [0.4, 0.5) is 0 Å². The number of esters is 1. The summed E-state index contributed by atoms with van der Waals surface area (Å²) < 4.78 is 6.70. The van der Waals surface area contributed by atoms with Crippen molar-refractivity contribution in [2.45, 2.75) is 80.0 Å². The van der Waals surface area contributed by atoms with Gasteiger partial charge < -0.3 is 10.1 Å². The first kappa shape index (κ1) is 22.2. The molecule has 4 bridgehead atoms. The lowest BCUT2D eigenvalue weighted by Gasteiger charge is -2.56. The van der Waals surface area contributed by atoms with E-state index in [1.807, 2.05) is 16.8 Å². The van der Waals surface area contributed by atoms with Gasteiger partial charge in [-0.15, -0.1) is 11.8 Å². The zero-order chi connectivity index (χ0) is 23.3. The average molecular weight is 480 g/mol. The average Bonchev–Trinajstić information content (AvgIpc) is 3.48. The van der Waals surface area contributed by atoms with E-state index in [0.29, 0.717) is 16.4 Å². The summed E-state index contributed by atoms with van der Waals surface area (Å²) in [6, 6.07) is 7.25. The van der Waals surface area contributed by atoms with E-state index in [4.69, 9.17) is 4.74 Å². The van der Waals surface area contributed by atoms with E-state index < -0.39 is 0 Å². The Bertz CT molecular complexity index is 1050. The highest BCUT2D eigenvalue weighted by Gasteiger charge is 2.51. The number of aromatic nitrogens is 2. The van der Waals surface area contributed by atoms with Crippen molar-refractivity contribution in [1.82, 2.24) is 15.1 Å². The first-order valence-electron chi connectivity index (χ1n) is 12.8. The topological polar surface area (TPSA) is 73.2 Å². The van der Waals surface area contributed by atoms with Crippen LogP contribution in [0.3, 0.4) is 0 Å². The molecule has 7 heteroatoms. The molecule has 0 saturated heterocycles. The van der Waals surface area contributed by atoms with E-state index in [9.17, 15) is 9.59 Å². The molecule has 34 heavy (non-hydrogen) atoms. The molecule has 1 aromatic heterocycles. The molecule has 0 atom stereocenters. The number of ether oxygens (including phenoxy) is 1. The van der Waals surface area contributed by atoms with Crippen LogP contribution in [0.2, 0.25) is 0 Å². The SMILES string of the molecule is COC(=O)c1ccc(-n2ncc(C(=O)NC34CC5CC(CC(C5)C3)C4)c2SC2CCCC2)cc1. The van der Waals surface area contributed by atoms with Gasteiger partial charge in [-0.3, -0.25) is 4.79 Å². The van der Waals surface area contributed by atoms with Gasteiger partial charge in [-0.2, -0.15) is 5.10 Å². The lowest BCUT2D eigenvalue weighted by Crippen LogP contribution is -2.59. The summed E-state index contributed by atoms with van der Waals surface area (Å²) in [4.78, 5) is 25.6. The fourth-order valence-corrected chi connectivity index (χ4v) is 8.79. The molecule has 1 amide bonds. The van der Waals surface area contributed by atoms with Gasteiger partial charge in [-0.1, -0.05) is 12.8 Å². The molecule has 1 N–H and O–H groups in total. The Morgan fingerprint density at radius 3 is 2.24 bits per heavy atom. The molecule has 5 saturated carbocycles. The minimum Gasteiger partial charge on any atom is -0.465 e. The molecule has 7 rings (SSSR count). The van der Waals surface area contributed by atoms with Crippen molar-refractivity contribution in [3.8, 4) is 5.69 Å². The van der Waals surface area contributed by atoms with Crippen LogP contribution in [0, 0.1) is 17.8 Å². The summed E-state index contributed by atoms with van der Waals surface area (Å²) in [5, 5.41) is 9.62. The minimum absolute atomic E-state index is 0.0224. The van der Waals surface area contributed by atoms with E-state index >= 15 is 0 Å². The van der Waals surface area contributed by atoms with Crippen molar-refractivity contribution in [1.29, 1.82) is 0 Å². The second kappa shape index (κ2) is 8.74. The minimum atomic E-state index is -0.358. The Morgan fingerprint density at radius 1 is 1.03 bits per heavy atom. The van der Waals surface area contributed by atoms with E-state index in [1.54, 1.807) is 30.1 Å². The molecule has 2 aromatic rings. The van der Waals surface area contributed by atoms with E-state index in [-0.39, 0.29) is 17.4 Å². The number of rotatable bonds is 6. The Morgan fingerprint density at radius 2 is 1.65 bits per heavy atom. The first-order valence-corrected chi connectivity index (χ1v) is 13.7. The molecule has 0 aliphatic heterocycles. The molecule has 6 nitrogen and oxygen atoms in total. The summed E-state index contributed by atoms with van der Waals surface area (Å²) in [6.45, 7) is 0. The lowest BCUT2D eigenvalue weighted by molar-refractivity contribution is -0.0167. The third-order valence-corrected chi connectivity index (χ3v) is 9.92. The zero-order valence-electron chi connectivity index (χ0n) is 19.8. The van der Waals surface area contributed by atoms with Gasteiger partial charge in [0.2, 0.25) is 0 Å². The van der Waals surface area contributed by atoms with Crippen LogP contribution in [-0.2, 0) is 4.74 Å². The Hall–Kier alpha value is -2.28. The van der Waals surface area contributed by atoms with Gasteiger partial charge in [0.15, 0.2) is 0 Å². The molecule has 5 fully saturated rings. The molecule has 180 valence electrons. The number of methoxy groups -OCH3 is 1. The molecule has 1 aromatic carbocycles. The maximum Gasteiger partial charge on any atom is 0.337 e. The number of nitrogens with zero attached hydrogens (tertiary/aromatic N) is 2. The van der Waals surface area contributed by atoms with Gasteiger partial charge in [-0.05, 0) is 93.4 Å². The van der Waals surface area contributed by atoms with Gasteiger partial charge in [0.25, 0.3) is 5.91 Å². The fourth-order valence-electron chi connectivity index (χ4n) is 7.38.